The lowest BCUT2D eigenvalue weighted by Gasteiger charge is -2.29. The van der Waals surface area contributed by atoms with Crippen LogP contribution in [-0.4, -0.2) is 33.0 Å². The molecule has 1 fully saturated rings. The lowest BCUT2D eigenvalue weighted by Crippen LogP contribution is -2.41. The summed E-state index contributed by atoms with van der Waals surface area (Å²) in [7, 11) is -4.08. The third-order valence-electron chi connectivity index (χ3n) is 3.98. The fraction of sp³-hybridized carbons (Fsp3) is 0.938. The van der Waals surface area contributed by atoms with Gasteiger partial charge >= 0.3 is 20.0 Å². The lowest BCUT2D eigenvalue weighted by atomic mass is 9.85. The Kier molecular flexibility index (Phi) is 9.42. The first-order chi connectivity index (χ1) is 11.2. The molecular weight excluding hydrogens is 345 g/mol. The fourth-order valence-electron chi connectivity index (χ4n) is 2.99. The van der Waals surface area contributed by atoms with Gasteiger partial charge in [0.15, 0.2) is 14.4 Å². The van der Waals surface area contributed by atoms with Crippen molar-refractivity contribution < 1.29 is 23.0 Å². The summed E-state index contributed by atoms with van der Waals surface area (Å²) in [5, 5.41) is 0. The molecule has 0 aromatic heterocycles. The standard InChI is InChI=1S/C16H32NO5PSi/c1-5-11-20-23(19)15(22-24(2,3)4)14(21-16(17)18)12-13-9-7-6-8-10-13/h13-15H,5-12H2,1-4H3,(H-,17,18)/p+1/t14-,15?/m0/s1. The molecule has 0 saturated heterocycles. The van der Waals surface area contributed by atoms with Crippen LogP contribution in [0.5, 0.6) is 0 Å². The monoisotopic (exact) mass is 378 g/mol. The van der Waals surface area contributed by atoms with Crippen LogP contribution in [-0.2, 0) is 18.3 Å². The van der Waals surface area contributed by atoms with Gasteiger partial charge in [0.25, 0.3) is 0 Å². The smallest absolute Gasteiger partial charge is 0.439 e. The van der Waals surface area contributed by atoms with E-state index in [1.165, 1.54) is 19.3 Å². The SMILES string of the molecule is CCCO[P+](=O)C(O[Si](C)(C)C)[C@H](CC1CCCCC1)OC(N)=O. The summed E-state index contributed by atoms with van der Waals surface area (Å²) in [4.78, 5) is 11.4. The van der Waals surface area contributed by atoms with E-state index in [-0.39, 0.29) is 0 Å². The molecule has 6 nitrogen and oxygen atoms in total. The molecule has 1 rings (SSSR count). The topological polar surface area (TPSA) is 87.8 Å². The van der Waals surface area contributed by atoms with Crippen LogP contribution < -0.4 is 5.73 Å². The van der Waals surface area contributed by atoms with E-state index in [1.54, 1.807) is 0 Å². The zero-order valence-electron chi connectivity index (χ0n) is 15.5. The Balaban J connectivity index is 2.89. The van der Waals surface area contributed by atoms with Crippen molar-refractivity contribution in [2.75, 3.05) is 6.61 Å². The minimum Gasteiger partial charge on any atom is -0.439 e. The van der Waals surface area contributed by atoms with Gasteiger partial charge in [-0.1, -0.05) is 39.0 Å². The highest BCUT2D eigenvalue weighted by Crippen LogP contribution is 2.39. The molecule has 2 unspecified atom stereocenters. The molecule has 1 aliphatic rings. The zero-order valence-corrected chi connectivity index (χ0v) is 17.3. The summed E-state index contributed by atoms with van der Waals surface area (Å²) in [5.41, 5.74) is 5.26. The van der Waals surface area contributed by atoms with Gasteiger partial charge in [0, 0.05) is 0 Å². The first-order valence-electron chi connectivity index (χ1n) is 8.96. The Labute approximate surface area is 147 Å². The highest BCUT2D eigenvalue weighted by atomic mass is 31.1. The van der Waals surface area contributed by atoms with Gasteiger partial charge in [0.1, 0.15) is 6.61 Å². The van der Waals surface area contributed by atoms with Crippen LogP contribution in [0.25, 0.3) is 0 Å². The number of primary amides is 1. The van der Waals surface area contributed by atoms with E-state index in [0.717, 1.165) is 19.3 Å². The largest absolute Gasteiger partial charge is 0.543 e. The van der Waals surface area contributed by atoms with Crippen molar-refractivity contribution in [1.29, 1.82) is 0 Å². The molecule has 140 valence electrons. The minimum atomic E-state index is -2.08. The van der Waals surface area contributed by atoms with E-state index in [9.17, 15) is 9.36 Å². The predicted molar refractivity (Wildman–Crippen MR) is 97.7 cm³/mol. The van der Waals surface area contributed by atoms with Gasteiger partial charge < -0.3 is 14.9 Å². The van der Waals surface area contributed by atoms with Crippen molar-refractivity contribution >= 4 is 22.4 Å². The number of rotatable bonds is 10. The summed E-state index contributed by atoms with van der Waals surface area (Å²) >= 11 is 0. The highest BCUT2D eigenvalue weighted by molar-refractivity contribution is 7.40. The first kappa shape index (κ1) is 21.5. The molecular formula is C16H33NO5PSi+. The molecule has 3 atom stereocenters. The van der Waals surface area contributed by atoms with Gasteiger partial charge in [-0.3, -0.25) is 0 Å². The molecule has 0 aromatic carbocycles. The average molecular weight is 379 g/mol. The van der Waals surface area contributed by atoms with E-state index in [0.29, 0.717) is 18.9 Å². The molecule has 1 amide bonds. The number of hydrogen-bond acceptors (Lipinski definition) is 5. The second-order valence-electron chi connectivity index (χ2n) is 7.45. The Morgan fingerprint density at radius 3 is 2.38 bits per heavy atom. The number of carbonyl (C=O) groups is 1. The molecule has 24 heavy (non-hydrogen) atoms. The number of ether oxygens (including phenoxy) is 1. The lowest BCUT2D eigenvalue weighted by molar-refractivity contribution is 0.0285. The first-order valence-corrected chi connectivity index (χ1v) is 13.6. The van der Waals surface area contributed by atoms with Gasteiger partial charge in [0.05, 0.1) is 0 Å². The molecule has 1 aliphatic carbocycles. The summed E-state index contributed by atoms with van der Waals surface area (Å²) in [6.07, 6.45) is 5.77. The second-order valence-corrected chi connectivity index (χ2v) is 13.3. The van der Waals surface area contributed by atoms with Crippen molar-refractivity contribution in [2.45, 2.75) is 83.5 Å². The van der Waals surface area contributed by atoms with Gasteiger partial charge in [-0.05, 0) is 43.0 Å². The molecule has 0 aromatic rings. The van der Waals surface area contributed by atoms with E-state index >= 15 is 0 Å². The normalized spacial score (nSPS) is 19.6. The second kappa shape index (κ2) is 10.5. The van der Waals surface area contributed by atoms with Crippen molar-refractivity contribution in [1.82, 2.24) is 0 Å². The van der Waals surface area contributed by atoms with Crippen molar-refractivity contribution in [3.05, 3.63) is 0 Å². The molecule has 0 radical (unpaired) electrons. The third kappa shape index (κ3) is 8.56. The van der Waals surface area contributed by atoms with Crippen LogP contribution in [0.4, 0.5) is 4.79 Å². The number of carbonyl (C=O) groups excluding carboxylic acids is 1. The predicted octanol–water partition coefficient (Wildman–Crippen LogP) is 4.77. The van der Waals surface area contributed by atoms with Crippen LogP contribution in [0.15, 0.2) is 0 Å². The summed E-state index contributed by atoms with van der Waals surface area (Å²) < 4.78 is 29.5. The quantitative estimate of drug-likeness (QED) is 0.437. The van der Waals surface area contributed by atoms with Crippen LogP contribution in [0.3, 0.4) is 0 Å². The Morgan fingerprint density at radius 2 is 1.88 bits per heavy atom. The maximum atomic E-state index is 12.6. The van der Waals surface area contributed by atoms with Crippen molar-refractivity contribution in [3.8, 4) is 0 Å². The van der Waals surface area contributed by atoms with E-state index in [2.05, 4.69) is 0 Å². The molecule has 1 saturated carbocycles. The maximum absolute atomic E-state index is 12.6. The summed E-state index contributed by atoms with van der Waals surface area (Å²) in [6, 6.07) is 0. The summed E-state index contributed by atoms with van der Waals surface area (Å²) in [6.45, 7) is 8.41. The van der Waals surface area contributed by atoms with E-state index in [4.69, 9.17) is 19.4 Å². The molecule has 8 heteroatoms. The van der Waals surface area contributed by atoms with Crippen LogP contribution >= 0.6 is 8.03 Å². The van der Waals surface area contributed by atoms with E-state index in [1.807, 2.05) is 26.6 Å². The molecule has 0 heterocycles. The van der Waals surface area contributed by atoms with Crippen LogP contribution in [0.2, 0.25) is 19.6 Å². The van der Waals surface area contributed by atoms with Gasteiger partial charge in [-0.25, -0.2) is 4.79 Å². The number of amides is 1. The molecule has 0 bridgehead atoms. The third-order valence-corrected chi connectivity index (χ3v) is 6.43. The molecule has 0 aliphatic heterocycles. The van der Waals surface area contributed by atoms with E-state index < -0.39 is 34.4 Å². The molecule has 2 N–H and O–H groups in total. The number of nitrogens with two attached hydrogens (primary N) is 1. The van der Waals surface area contributed by atoms with Gasteiger partial charge in [-0.2, -0.15) is 0 Å². The fourth-order valence-corrected chi connectivity index (χ4v) is 6.13. The van der Waals surface area contributed by atoms with Crippen molar-refractivity contribution in [3.63, 3.8) is 0 Å². The number of hydrogen-bond donors (Lipinski definition) is 1. The van der Waals surface area contributed by atoms with Crippen LogP contribution in [0.1, 0.15) is 51.9 Å². The van der Waals surface area contributed by atoms with Gasteiger partial charge in [-0.15, -0.1) is 4.52 Å². The molecule has 0 spiro atoms. The Morgan fingerprint density at radius 1 is 1.25 bits per heavy atom. The Bertz CT molecular complexity index is 410. The Hall–Kier alpha value is -0.493. The van der Waals surface area contributed by atoms with Crippen LogP contribution in [0, 0.1) is 5.92 Å². The zero-order chi connectivity index (χ0) is 18.2. The minimum absolute atomic E-state index is 0.396. The van der Waals surface area contributed by atoms with Gasteiger partial charge in [0.2, 0.25) is 0 Å². The average Bonchev–Trinajstić information content (AvgIpc) is 2.49. The summed E-state index contributed by atoms with van der Waals surface area (Å²) in [5.74, 6) is -0.293. The van der Waals surface area contributed by atoms with Crippen molar-refractivity contribution in [2.24, 2.45) is 11.7 Å². The maximum Gasteiger partial charge on any atom is 0.543 e. The highest BCUT2D eigenvalue weighted by Gasteiger charge is 2.46.